The zero-order chi connectivity index (χ0) is 22.4. The normalized spacial score (nSPS) is 17.4. The van der Waals surface area contributed by atoms with Crippen molar-refractivity contribution in [3.63, 3.8) is 0 Å². The van der Waals surface area contributed by atoms with Crippen LogP contribution in [0.25, 0.3) is 0 Å². The maximum Gasteiger partial charge on any atom is 0.241 e. The van der Waals surface area contributed by atoms with Crippen molar-refractivity contribution < 1.29 is 8.42 Å². The molecule has 32 heavy (non-hydrogen) atoms. The monoisotopic (exact) mass is 448 g/mol. The van der Waals surface area contributed by atoms with E-state index in [0.717, 1.165) is 42.6 Å². The standard InChI is InChI=1S/C27H32N2O2S/c1-22-16-18-25(19-17-22)32(30,31)28-26(23-12-6-4-7-13-23)27(24-14-8-5-9-15-24)29-20-10-2-3-11-21-29/h4-9,12-19,26-28H,2-3,10-11,20-21H2,1H3/t26-,27-/m1/s1. The highest BCUT2D eigenvalue weighted by Gasteiger charge is 2.34. The molecule has 3 aromatic rings. The van der Waals surface area contributed by atoms with Crippen LogP contribution >= 0.6 is 0 Å². The van der Waals surface area contributed by atoms with Crippen LogP contribution in [0.1, 0.15) is 54.5 Å². The summed E-state index contributed by atoms with van der Waals surface area (Å²) in [6.45, 7) is 3.89. The molecule has 4 nitrogen and oxygen atoms in total. The summed E-state index contributed by atoms with van der Waals surface area (Å²) in [7, 11) is -3.70. The maximum absolute atomic E-state index is 13.5. The molecule has 4 rings (SSSR count). The van der Waals surface area contributed by atoms with Gasteiger partial charge in [-0.25, -0.2) is 13.1 Å². The Labute approximate surface area is 192 Å². The number of aryl methyl sites for hydroxylation is 1. The minimum absolute atomic E-state index is 0.0862. The molecule has 1 aliphatic rings. The van der Waals surface area contributed by atoms with E-state index >= 15 is 0 Å². The van der Waals surface area contributed by atoms with Gasteiger partial charge in [0.1, 0.15) is 0 Å². The second kappa shape index (κ2) is 10.4. The van der Waals surface area contributed by atoms with Gasteiger partial charge in [0.25, 0.3) is 0 Å². The topological polar surface area (TPSA) is 49.4 Å². The fourth-order valence-electron chi connectivity index (χ4n) is 4.57. The van der Waals surface area contributed by atoms with Crippen LogP contribution in [0.3, 0.4) is 0 Å². The van der Waals surface area contributed by atoms with Gasteiger partial charge in [-0.05, 0) is 56.1 Å². The minimum atomic E-state index is -3.70. The first-order valence-corrected chi connectivity index (χ1v) is 13.0. The first-order chi connectivity index (χ1) is 15.5. The molecule has 3 aromatic carbocycles. The van der Waals surface area contributed by atoms with Crippen molar-refractivity contribution in [3.05, 3.63) is 102 Å². The molecular formula is C27H32N2O2S. The van der Waals surface area contributed by atoms with Gasteiger partial charge in [0, 0.05) is 0 Å². The number of rotatable bonds is 7. The Hall–Kier alpha value is -2.47. The van der Waals surface area contributed by atoms with Gasteiger partial charge < -0.3 is 0 Å². The van der Waals surface area contributed by atoms with Crippen molar-refractivity contribution in [3.8, 4) is 0 Å². The second-order valence-corrected chi connectivity index (χ2v) is 10.3. The molecule has 2 atom stereocenters. The van der Waals surface area contributed by atoms with Crippen LogP contribution in [0.4, 0.5) is 0 Å². The van der Waals surface area contributed by atoms with Crippen LogP contribution in [-0.4, -0.2) is 26.4 Å². The lowest BCUT2D eigenvalue weighted by Crippen LogP contribution is -2.41. The molecule has 1 fully saturated rings. The van der Waals surface area contributed by atoms with Crippen molar-refractivity contribution in [2.75, 3.05) is 13.1 Å². The molecule has 1 N–H and O–H groups in total. The van der Waals surface area contributed by atoms with Gasteiger partial charge in [0.05, 0.1) is 17.0 Å². The average molecular weight is 449 g/mol. The van der Waals surface area contributed by atoms with E-state index in [1.165, 1.54) is 12.8 Å². The number of sulfonamides is 1. The summed E-state index contributed by atoms with van der Waals surface area (Å²) >= 11 is 0. The number of likely N-dealkylation sites (tertiary alicyclic amines) is 1. The van der Waals surface area contributed by atoms with Crippen molar-refractivity contribution >= 4 is 10.0 Å². The Bertz CT molecular complexity index is 1080. The summed E-state index contributed by atoms with van der Waals surface area (Å²) in [5.41, 5.74) is 3.14. The summed E-state index contributed by atoms with van der Waals surface area (Å²) in [6, 6.07) is 26.9. The third-order valence-electron chi connectivity index (χ3n) is 6.26. The van der Waals surface area contributed by atoms with Crippen LogP contribution in [0.2, 0.25) is 0 Å². The van der Waals surface area contributed by atoms with Crippen molar-refractivity contribution in [1.82, 2.24) is 9.62 Å². The minimum Gasteiger partial charge on any atom is -0.294 e. The molecule has 0 aliphatic carbocycles. The van der Waals surface area contributed by atoms with Crippen molar-refractivity contribution in [1.29, 1.82) is 0 Å². The van der Waals surface area contributed by atoms with Gasteiger partial charge in [-0.3, -0.25) is 4.90 Å². The van der Waals surface area contributed by atoms with E-state index in [4.69, 9.17) is 0 Å². The average Bonchev–Trinajstić information content (AvgIpc) is 3.10. The van der Waals surface area contributed by atoms with E-state index in [1.807, 2.05) is 67.6 Å². The predicted octanol–water partition coefficient (Wildman–Crippen LogP) is 5.63. The summed E-state index contributed by atoms with van der Waals surface area (Å²) in [4.78, 5) is 2.77. The van der Waals surface area contributed by atoms with E-state index in [2.05, 4.69) is 21.8 Å². The molecule has 0 bridgehead atoms. The largest absolute Gasteiger partial charge is 0.294 e. The molecule has 0 saturated carbocycles. The second-order valence-electron chi connectivity index (χ2n) is 8.63. The summed E-state index contributed by atoms with van der Waals surface area (Å²) in [5.74, 6) is 0. The quantitative estimate of drug-likeness (QED) is 0.509. The lowest BCUT2D eigenvalue weighted by atomic mass is 9.92. The fraction of sp³-hybridized carbons (Fsp3) is 0.333. The summed E-state index contributed by atoms with van der Waals surface area (Å²) < 4.78 is 30.1. The molecule has 1 aliphatic heterocycles. The first-order valence-electron chi connectivity index (χ1n) is 11.5. The van der Waals surface area contributed by atoms with Crippen LogP contribution < -0.4 is 4.72 Å². The Kier molecular flexibility index (Phi) is 7.40. The van der Waals surface area contributed by atoms with Gasteiger partial charge >= 0.3 is 0 Å². The van der Waals surface area contributed by atoms with Crippen LogP contribution in [-0.2, 0) is 10.0 Å². The van der Waals surface area contributed by atoms with Crippen LogP contribution in [0.15, 0.2) is 89.8 Å². The fourth-order valence-corrected chi connectivity index (χ4v) is 5.80. The molecular weight excluding hydrogens is 416 g/mol. The molecule has 0 radical (unpaired) electrons. The first kappa shape index (κ1) is 22.7. The zero-order valence-corrected chi connectivity index (χ0v) is 19.5. The third kappa shape index (κ3) is 5.47. The van der Waals surface area contributed by atoms with E-state index in [0.29, 0.717) is 4.90 Å². The van der Waals surface area contributed by atoms with Crippen LogP contribution in [0.5, 0.6) is 0 Å². The molecule has 1 heterocycles. The Morgan fingerprint density at radius 2 is 1.25 bits per heavy atom. The number of nitrogens with one attached hydrogen (secondary N) is 1. The highest BCUT2D eigenvalue weighted by molar-refractivity contribution is 7.89. The Morgan fingerprint density at radius 3 is 1.81 bits per heavy atom. The van der Waals surface area contributed by atoms with Gasteiger partial charge in [-0.1, -0.05) is 91.2 Å². The number of benzene rings is 3. The highest BCUT2D eigenvalue weighted by atomic mass is 32.2. The maximum atomic E-state index is 13.5. The Balaban J connectivity index is 1.78. The third-order valence-corrected chi connectivity index (χ3v) is 7.72. The molecule has 0 spiro atoms. The predicted molar refractivity (Wildman–Crippen MR) is 130 cm³/mol. The van der Waals surface area contributed by atoms with E-state index < -0.39 is 16.1 Å². The Morgan fingerprint density at radius 1 is 0.719 bits per heavy atom. The van der Waals surface area contributed by atoms with Gasteiger partial charge in [-0.15, -0.1) is 0 Å². The van der Waals surface area contributed by atoms with Crippen molar-refractivity contribution in [2.45, 2.75) is 49.6 Å². The smallest absolute Gasteiger partial charge is 0.241 e. The van der Waals surface area contributed by atoms with E-state index in [-0.39, 0.29) is 6.04 Å². The molecule has 168 valence electrons. The number of hydrogen-bond donors (Lipinski definition) is 1. The van der Waals surface area contributed by atoms with Gasteiger partial charge in [0.2, 0.25) is 10.0 Å². The summed E-state index contributed by atoms with van der Waals surface area (Å²) in [6.07, 6.45) is 4.72. The van der Waals surface area contributed by atoms with Gasteiger partial charge in [-0.2, -0.15) is 0 Å². The molecule has 0 amide bonds. The molecule has 0 aromatic heterocycles. The van der Waals surface area contributed by atoms with Gasteiger partial charge in [0.15, 0.2) is 0 Å². The highest BCUT2D eigenvalue weighted by Crippen LogP contribution is 2.36. The lowest BCUT2D eigenvalue weighted by molar-refractivity contribution is 0.171. The zero-order valence-electron chi connectivity index (χ0n) is 18.7. The number of nitrogens with zero attached hydrogens (tertiary/aromatic N) is 1. The molecule has 0 unspecified atom stereocenters. The molecule has 1 saturated heterocycles. The summed E-state index contributed by atoms with van der Waals surface area (Å²) in [5, 5.41) is 0. The SMILES string of the molecule is Cc1ccc(S(=O)(=O)N[C@H](c2ccccc2)[C@@H](c2ccccc2)N2CCCCCC2)cc1. The molecule has 5 heteroatoms. The lowest BCUT2D eigenvalue weighted by Gasteiger charge is -2.37. The van der Waals surface area contributed by atoms with E-state index in [9.17, 15) is 8.42 Å². The van der Waals surface area contributed by atoms with Crippen LogP contribution in [0, 0.1) is 6.92 Å². The number of hydrogen-bond acceptors (Lipinski definition) is 3. The van der Waals surface area contributed by atoms with E-state index in [1.54, 1.807) is 12.1 Å². The van der Waals surface area contributed by atoms with Crippen molar-refractivity contribution in [2.24, 2.45) is 0 Å².